The molecule has 1 aromatic rings. The second kappa shape index (κ2) is 12.4. The van der Waals surface area contributed by atoms with Gasteiger partial charge >= 0.3 is 0 Å². The molecule has 3 N–H and O–H groups in total. The molecule has 1 unspecified atom stereocenters. The van der Waals surface area contributed by atoms with Gasteiger partial charge < -0.3 is 30.0 Å². The third-order valence-corrected chi connectivity index (χ3v) is 15.7. The largest absolute Gasteiger partial charge is 0.389 e. The first-order valence-electron chi connectivity index (χ1n) is 19.4. The first-order valence-corrected chi connectivity index (χ1v) is 19.4. The molecule has 285 valence electrons. The van der Waals surface area contributed by atoms with Gasteiger partial charge in [-0.1, -0.05) is 34.6 Å². The second-order valence-corrected chi connectivity index (χ2v) is 18.4. The summed E-state index contributed by atoms with van der Waals surface area (Å²) in [5.41, 5.74) is 5.28. The number of rotatable bonds is 7. The maximum absolute atomic E-state index is 14.1. The van der Waals surface area contributed by atoms with Crippen LogP contribution in [0.4, 0.5) is 8.78 Å². The van der Waals surface area contributed by atoms with Gasteiger partial charge in [-0.05, 0) is 102 Å². The molecule has 52 heavy (non-hydrogen) atoms. The number of nitrogens with two attached hydrogens (primary N) is 1. The Balaban J connectivity index is 1.02. The lowest BCUT2D eigenvalue weighted by molar-refractivity contribution is -0.242. The van der Waals surface area contributed by atoms with E-state index in [0.717, 1.165) is 51.0 Å². The summed E-state index contributed by atoms with van der Waals surface area (Å²) in [6.07, 6.45) is 7.66. The molecule has 3 radical (unpaired) electrons. The molecule has 5 saturated carbocycles. The summed E-state index contributed by atoms with van der Waals surface area (Å²) in [7, 11) is 0. The number of aliphatic hydroxyl groups excluding tert-OH is 1. The highest BCUT2D eigenvalue weighted by Gasteiger charge is 2.85. The smallest absolute Gasteiger partial charge is 0.231 e. The minimum Gasteiger partial charge on any atom is -0.389 e. The third kappa shape index (κ3) is 5.21. The van der Waals surface area contributed by atoms with E-state index in [4.69, 9.17) is 19.9 Å². The first kappa shape index (κ1) is 36.8. The number of primary amides is 1. The normalized spacial score (nSPS) is 43.1. The van der Waals surface area contributed by atoms with E-state index in [0.29, 0.717) is 49.9 Å². The molecule has 1 aromatic carbocycles. The number of fused-ring (bicyclic) bond motifs is 4. The molecule has 2 amide bonds. The second-order valence-electron chi connectivity index (χ2n) is 18.4. The quantitative estimate of drug-likeness (QED) is 0.360. The summed E-state index contributed by atoms with van der Waals surface area (Å²) < 4.78 is 47.7. The number of morpholine rings is 1. The fraction of sp³-hybridized carbons (Fsp3) is 0.732. The molecule has 2 saturated heterocycles. The molecular formula is C41H56F2N3O6. The number of halogens is 2. The minimum atomic E-state index is -0.832. The molecule has 0 bridgehead atoms. The van der Waals surface area contributed by atoms with Crippen LogP contribution in [0.25, 0.3) is 0 Å². The Hall–Kier alpha value is -2.18. The van der Waals surface area contributed by atoms with Crippen molar-refractivity contribution in [2.45, 2.75) is 118 Å². The van der Waals surface area contributed by atoms with E-state index in [1.165, 1.54) is 29.9 Å². The first-order chi connectivity index (χ1) is 24.5. The van der Waals surface area contributed by atoms with E-state index in [1.807, 2.05) is 4.90 Å². The Kier molecular flexibility index (Phi) is 8.78. The van der Waals surface area contributed by atoms with Crippen molar-refractivity contribution in [3.8, 4) is 0 Å². The van der Waals surface area contributed by atoms with E-state index in [2.05, 4.69) is 34.6 Å². The molecule has 8 rings (SSSR count). The van der Waals surface area contributed by atoms with Crippen LogP contribution in [0.15, 0.2) is 18.2 Å². The number of aliphatic hydroxyl groups is 1. The predicted molar refractivity (Wildman–Crippen MR) is 188 cm³/mol. The van der Waals surface area contributed by atoms with Gasteiger partial charge in [0.05, 0.1) is 31.9 Å². The van der Waals surface area contributed by atoms with Crippen molar-refractivity contribution in [1.82, 2.24) is 9.80 Å². The van der Waals surface area contributed by atoms with Crippen LogP contribution in [0.2, 0.25) is 0 Å². The van der Waals surface area contributed by atoms with Crippen LogP contribution in [0.1, 0.15) is 98.5 Å². The molecule has 0 aromatic heterocycles. The van der Waals surface area contributed by atoms with E-state index >= 15 is 0 Å². The van der Waals surface area contributed by atoms with E-state index in [-0.39, 0.29) is 70.8 Å². The van der Waals surface area contributed by atoms with Gasteiger partial charge in [0.25, 0.3) is 0 Å². The maximum atomic E-state index is 14.1. The highest BCUT2D eigenvalue weighted by atomic mass is 19.1. The average molecular weight is 725 g/mol. The fourth-order valence-corrected chi connectivity index (χ4v) is 13.3. The number of benzene rings is 1. The van der Waals surface area contributed by atoms with Gasteiger partial charge in [0.2, 0.25) is 11.8 Å². The van der Waals surface area contributed by atoms with Crippen LogP contribution in [0, 0.1) is 74.7 Å². The Morgan fingerprint density at radius 1 is 1.10 bits per heavy atom. The predicted octanol–water partition coefficient (Wildman–Crippen LogP) is 5.90. The van der Waals surface area contributed by atoms with Crippen molar-refractivity contribution in [1.29, 1.82) is 0 Å². The molecule has 10 atom stereocenters. The number of carbonyl (C=O) groups excluding carboxylic acids is 2. The molecule has 7 aliphatic rings. The standard InChI is InChI=1S/C41H56F2N3O6/c1-23-15-32(46(24(2)47)19-25-16-26(42)18-27(43)17-25)52-35-34(23)38(5)11-12-41-22-40(41)10-9-30(51-33-21-45(13-14-50-33)20-31(44)48)37(3,4)28(40)7-8-29(41)39(38,6)36(35)49/h16-18,23,28,30,33-34,36,49H,7-15,19-22H2,1-6H3,(H2,44,48)/t23-,28+,30?,33+,34+,36+,38-,39-,40-,41+/m1/s1. The number of nitrogens with zero attached hydrogens (tertiary/aromatic N) is 2. The highest BCUT2D eigenvalue weighted by Crippen LogP contribution is 2.90. The average Bonchev–Trinajstić information content (AvgIpc) is 3.69. The van der Waals surface area contributed by atoms with Gasteiger partial charge in [0, 0.05) is 43.8 Å². The third-order valence-electron chi connectivity index (χ3n) is 15.7. The Bertz CT molecular complexity index is 1590. The van der Waals surface area contributed by atoms with E-state index in [9.17, 15) is 23.5 Å². The highest BCUT2D eigenvalue weighted by molar-refractivity contribution is 5.76. The van der Waals surface area contributed by atoms with Crippen LogP contribution in [-0.4, -0.2) is 71.5 Å². The summed E-state index contributed by atoms with van der Waals surface area (Å²) in [5, 5.41) is 12.6. The summed E-state index contributed by atoms with van der Waals surface area (Å²) in [4.78, 5) is 28.1. The fourth-order valence-electron chi connectivity index (χ4n) is 13.3. The van der Waals surface area contributed by atoms with Crippen LogP contribution in [0.5, 0.6) is 0 Å². The molecule has 2 spiro atoms. The van der Waals surface area contributed by atoms with Gasteiger partial charge in [0.15, 0.2) is 12.5 Å². The number of hydrogen-bond acceptors (Lipinski definition) is 7. The Morgan fingerprint density at radius 3 is 2.52 bits per heavy atom. The van der Waals surface area contributed by atoms with Gasteiger partial charge in [-0.15, -0.1) is 0 Å². The summed E-state index contributed by atoms with van der Waals surface area (Å²) >= 11 is 0. The van der Waals surface area contributed by atoms with Crippen molar-refractivity contribution in [2.75, 3.05) is 26.2 Å². The molecule has 9 nitrogen and oxygen atoms in total. The summed E-state index contributed by atoms with van der Waals surface area (Å²) in [6, 6.07) is 3.31. The van der Waals surface area contributed by atoms with Crippen LogP contribution in [0.3, 0.4) is 0 Å². The summed E-state index contributed by atoms with van der Waals surface area (Å²) in [5.74, 6) is 0.0946. The van der Waals surface area contributed by atoms with Gasteiger partial charge in [0.1, 0.15) is 17.7 Å². The van der Waals surface area contributed by atoms with E-state index in [1.54, 1.807) is 0 Å². The van der Waals surface area contributed by atoms with Crippen LogP contribution >= 0.6 is 0 Å². The molecule has 2 heterocycles. The Morgan fingerprint density at radius 2 is 1.83 bits per heavy atom. The monoisotopic (exact) mass is 724 g/mol. The lowest BCUT2D eigenvalue weighted by atomic mass is 9.41. The van der Waals surface area contributed by atoms with Crippen molar-refractivity contribution in [3.05, 3.63) is 53.6 Å². The molecular weight excluding hydrogens is 668 g/mol. The van der Waals surface area contributed by atoms with E-state index < -0.39 is 23.2 Å². The van der Waals surface area contributed by atoms with Crippen molar-refractivity contribution < 1.29 is 37.7 Å². The molecule has 11 heteroatoms. The molecule has 7 fully saturated rings. The zero-order chi connectivity index (χ0) is 37.2. The maximum Gasteiger partial charge on any atom is 0.231 e. The van der Waals surface area contributed by atoms with Crippen molar-refractivity contribution >= 4 is 11.8 Å². The van der Waals surface area contributed by atoms with Gasteiger partial charge in [-0.3, -0.25) is 14.5 Å². The topological polar surface area (TPSA) is 115 Å². The van der Waals surface area contributed by atoms with Crippen molar-refractivity contribution in [3.63, 3.8) is 0 Å². The SMILES string of the molecule is CC(=O)N(Cc1cc(F)cc(F)c1)[C]1C[C@@H](C)[C@H]2[C](O1)[C@H](O)[C@@]1(C)[C]3CC[C@H]4C(C)(C)C(O[C@H]5CN(CC(N)=O)CCO5)CC[C@@]45C[C@@]35CC[C@]21C. The van der Waals surface area contributed by atoms with Gasteiger partial charge in [-0.2, -0.15) is 0 Å². The number of amides is 2. The molecule has 5 aliphatic carbocycles. The zero-order valence-corrected chi connectivity index (χ0v) is 31.6. The van der Waals surface area contributed by atoms with Crippen LogP contribution in [-0.2, 0) is 30.3 Å². The van der Waals surface area contributed by atoms with Gasteiger partial charge in [-0.25, -0.2) is 8.78 Å². The van der Waals surface area contributed by atoms with Crippen LogP contribution < -0.4 is 5.73 Å². The van der Waals surface area contributed by atoms with Crippen molar-refractivity contribution in [2.24, 2.45) is 50.6 Å². The Labute approximate surface area is 307 Å². The number of hydrogen-bond donors (Lipinski definition) is 2. The number of carbonyl (C=O) groups is 2. The number of ether oxygens (including phenoxy) is 3. The summed E-state index contributed by atoms with van der Waals surface area (Å²) in [6.45, 7) is 14.9. The lowest BCUT2D eigenvalue weighted by Gasteiger charge is -2.63. The zero-order valence-electron chi connectivity index (χ0n) is 31.6. The molecule has 2 aliphatic heterocycles. The minimum absolute atomic E-state index is 0.0131. The lowest BCUT2D eigenvalue weighted by Crippen LogP contribution is -2.59.